The van der Waals surface area contributed by atoms with Crippen LogP contribution in [0.2, 0.25) is 0 Å². The van der Waals surface area contributed by atoms with Gasteiger partial charge in [0.1, 0.15) is 23.0 Å². The minimum Gasteiger partial charge on any atom is -0.457 e. The molecule has 8 rings (SSSR count). The molecule has 0 saturated carbocycles. The average Bonchev–Trinajstić information content (AvgIpc) is 3.73. The highest BCUT2D eigenvalue weighted by atomic mass is 19.1. The van der Waals surface area contributed by atoms with Gasteiger partial charge in [-0.3, -0.25) is 19.2 Å². The Labute approximate surface area is 309 Å². The third-order valence-electron chi connectivity index (χ3n) is 9.08. The Balaban J connectivity index is 0.968. The molecule has 0 fully saturated rings. The molecule has 0 N–H and O–H groups in total. The van der Waals surface area contributed by atoms with Crippen molar-refractivity contribution in [3.63, 3.8) is 0 Å². The van der Waals surface area contributed by atoms with E-state index in [0.29, 0.717) is 45.5 Å². The average molecular weight is 713 g/mol. The Kier molecular flexibility index (Phi) is 8.95. The molecule has 2 heterocycles. The van der Waals surface area contributed by atoms with E-state index in [0.717, 1.165) is 32.1 Å². The zero-order chi connectivity index (χ0) is 37.2. The van der Waals surface area contributed by atoms with E-state index in [9.17, 15) is 19.2 Å². The topological polar surface area (TPSA) is 93.2 Å². The summed E-state index contributed by atoms with van der Waals surface area (Å²) in [7, 11) is 0. The Morgan fingerprint density at radius 2 is 0.685 bits per heavy atom. The number of halogens is 1. The van der Waals surface area contributed by atoms with Gasteiger partial charge >= 0.3 is 0 Å². The molecule has 0 bridgehead atoms. The lowest BCUT2D eigenvalue weighted by Crippen LogP contribution is -2.29. The fourth-order valence-electron chi connectivity index (χ4n) is 6.44. The van der Waals surface area contributed by atoms with Crippen LogP contribution in [-0.4, -0.2) is 23.6 Å². The molecular formula is C45H29FN2O6. The Hall–Kier alpha value is -7.39. The quantitative estimate of drug-likeness (QED) is 0.131. The number of hydrogen-bond donors (Lipinski definition) is 0. The van der Waals surface area contributed by atoms with Crippen LogP contribution in [0.5, 0.6) is 23.0 Å². The molecule has 0 aromatic heterocycles. The summed E-state index contributed by atoms with van der Waals surface area (Å²) in [5.41, 5.74) is 5.07. The number of amides is 4. The van der Waals surface area contributed by atoms with E-state index < -0.39 is 6.17 Å². The van der Waals surface area contributed by atoms with Crippen molar-refractivity contribution in [1.82, 2.24) is 0 Å². The number of hydrogen-bond acceptors (Lipinski definition) is 6. The summed E-state index contributed by atoms with van der Waals surface area (Å²) < 4.78 is 28.8. The summed E-state index contributed by atoms with van der Waals surface area (Å²) >= 11 is 0. The summed E-state index contributed by atoms with van der Waals surface area (Å²) in [4.78, 5) is 50.2. The van der Waals surface area contributed by atoms with Crippen LogP contribution < -0.4 is 19.3 Å². The zero-order valence-electron chi connectivity index (χ0n) is 28.5. The predicted molar refractivity (Wildman–Crippen MR) is 203 cm³/mol. The van der Waals surface area contributed by atoms with E-state index in [4.69, 9.17) is 9.47 Å². The lowest BCUT2D eigenvalue weighted by atomic mass is 9.89. The highest BCUT2D eigenvalue weighted by Gasteiger charge is 2.26. The van der Waals surface area contributed by atoms with Crippen molar-refractivity contribution in [2.24, 2.45) is 0 Å². The lowest BCUT2D eigenvalue weighted by molar-refractivity contribution is -0.121. The number of rotatable bonds is 10. The summed E-state index contributed by atoms with van der Waals surface area (Å²) in [6.45, 7) is 0. The molecule has 6 aromatic carbocycles. The number of alkyl halides is 1. The second-order valence-corrected chi connectivity index (χ2v) is 12.5. The van der Waals surface area contributed by atoms with Gasteiger partial charge in [-0.2, -0.15) is 0 Å². The molecule has 2 aliphatic heterocycles. The Bertz CT molecular complexity index is 2260. The van der Waals surface area contributed by atoms with E-state index in [1.807, 2.05) is 84.9 Å². The Morgan fingerprint density at radius 3 is 1.02 bits per heavy atom. The van der Waals surface area contributed by atoms with Crippen LogP contribution in [0.3, 0.4) is 0 Å². The zero-order valence-corrected chi connectivity index (χ0v) is 28.5. The van der Waals surface area contributed by atoms with Crippen molar-refractivity contribution < 1.29 is 33.0 Å². The molecule has 4 amide bonds. The number of carbonyl (C=O) groups excluding carboxylic acids is 4. The highest BCUT2D eigenvalue weighted by Crippen LogP contribution is 2.40. The van der Waals surface area contributed by atoms with Crippen LogP contribution >= 0.6 is 0 Å². The maximum absolute atomic E-state index is 16.7. The van der Waals surface area contributed by atoms with Gasteiger partial charge in [-0.15, -0.1) is 0 Å². The van der Waals surface area contributed by atoms with E-state index in [1.54, 1.807) is 60.7 Å². The van der Waals surface area contributed by atoms with Crippen LogP contribution in [0.15, 0.2) is 170 Å². The molecular weight excluding hydrogens is 684 g/mol. The molecule has 9 heteroatoms. The highest BCUT2D eigenvalue weighted by molar-refractivity contribution is 6.28. The van der Waals surface area contributed by atoms with Crippen molar-refractivity contribution >= 4 is 35.0 Å². The molecule has 0 unspecified atom stereocenters. The monoisotopic (exact) mass is 712 g/mol. The SMILES string of the molecule is O=C1C=CC(=O)N1c1ccc(Oc2ccc(-c3ccccc3C(F)c3ccccc3-c3ccc(Oc4ccc(N5C(=O)C=CC5=O)cc4)cc3)cc2)cc1. The first kappa shape index (κ1) is 33.7. The second-order valence-electron chi connectivity index (χ2n) is 12.5. The van der Waals surface area contributed by atoms with Crippen LogP contribution in [0.1, 0.15) is 17.3 Å². The van der Waals surface area contributed by atoms with Crippen LogP contribution in [0.4, 0.5) is 15.8 Å². The minimum atomic E-state index is -1.43. The molecule has 0 radical (unpaired) electrons. The standard InChI is InChI=1S/C45H29FN2O6/c46-45(39-7-3-1-5-37(39)29-9-17-33(18-10-29)53-35-21-13-31(14-22-35)47-41(49)25-26-42(47)50)40-8-4-2-6-38(40)30-11-19-34(20-12-30)54-36-23-15-32(16-24-36)48-43(51)27-28-44(48)52/h1-28,45H. The first-order valence-corrected chi connectivity index (χ1v) is 17.0. The van der Waals surface area contributed by atoms with E-state index in [-0.39, 0.29) is 23.6 Å². The molecule has 54 heavy (non-hydrogen) atoms. The van der Waals surface area contributed by atoms with Gasteiger partial charge in [-0.25, -0.2) is 14.2 Å². The van der Waals surface area contributed by atoms with Crippen LogP contribution in [0.25, 0.3) is 22.3 Å². The maximum Gasteiger partial charge on any atom is 0.258 e. The van der Waals surface area contributed by atoms with Crippen molar-refractivity contribution in [3.05, 3.63) is 181 Å². The number of imide groups is 2. The summed E-state index contributed by atoms with van der Waals surface area (Å²) in [5, 5.41) is 0. The normalized spacial score (nSPS) is 13.7. The van der Waals surface area contributed by atoms with Gasteiger partial charge in [0.25, 0.3) is 23.6 Å². The third-order valence-corrected chi connectivity index (χ3v) is 9.08. The first-order chi connectivity index (χ1) is 26.3. The van der Waals surface area contributed by atoms with Gasteiger partial charge in [-0.1, -0.05) is 72.8 Å². The molecule has 6 aromatic rings. The van der Waals surface area contributed by atoms with Crippen molar-refractivity contribution in [1.29, 1.82) is 0 Å². The molecule has 2 aliphatic rings. The molecule has 0 spiro atoms. The molecule has 8 nitrogen and oxygen atoms in total. The lowest BCUT2D eigenvalue weighted by Gasteiger charge is -2.18. The molecule has 0 atom stereocenters. The van der Waals surface area contributed by atoms with Gasteiger partial charge < -0.3 is 9.47 Å². The van der Waals surface area contributed by atoms with Gasteiger partial charge in [0.2, 0.25) is 0 Å². The predicted octanol–water partition coefficient (Wildman–Crippen LogP) is 9.52. The van der Waals surface area contributed by atoms with Gasteiger partial charge in [0.05, 0.1) is 11.4 Å². The molecule has 0 saturated heterocycles. The van der Waals surface area contributed by atoms with E-state index >= 15 is 4.39 Å². The number of nitrogens with zero attached hydrogens (tertiary/aromatic N) is 2. The number of carbonyl (C=O) groups is 4. The maximum atomic E-state index is 16.7. The van der Waals surface area contributed by atoms with Gasteiger partial charge in [0.15, 0.2) is 6.17 Å². The third kappa shape index (κ3) is 6.69. The van der Waals surface area contributed by atoms with Crippen molar-refractivity contribution in [3.8, 4) is 45.3 Å². The number of benzene rings is 6. The second kappa shape index (κ2) is 14.3. The van der Waals surface area contributed by atoms with Crippen molar-refractivity contribution in [2.75, 3.05) is 9.80 Å². The van der Waals surface area contributed by atoms with Crippen LogP contribution in [-0.2, 0) is 19.2 Å². The van der Waals surface area contributed by atoms with E-state index in [1.165, 1.54) is 24.3 Å². The van der Waals surface area contributed by atoms with Gasteiger partial charge in [0, 0.05) is 24.3 Å². The van der Waals surface area contributed by atoms with E-state index in [2.05, 4.69) is 0 Å². The minimum absolute atomic E-state index is 0.388. The summed E-state index contributed by atoms with van der Waals surface area (Å²) in [6, 6.07) is 42.9. The largest absolute Gasteiger partial charge is 0.457 e. The molecule has 0 aliphatic carbocycles. The van der Waals surface area contributed by atoms with Crippen molar-refractivity contribution in [2.45, 2.75) is 6.17 Å². The first-order valence-electron chi connectivity index (χ1n) is 17.0. The molecule has 262 valence electrons. The fourth-order valence-corrected chi connectivity index (χ4v) is 6.44. The van der Waals surface area contributed by atoms with Gasteiger partial charge in [-0.05, 0) is 106 Å². The van der Waals surface area contributed by atoms with Crippen LogP contribution in [0, 0.1) is 0 Å². The fraction of sp³-hybridized carbons (Fsp3) is 0.0222. The number of ether oxygens (including phenoxy) is 2. The summed E-state index contributed by atoms with van der Waals surface area (Å²) in [5.74, 6) is 0.642. The number of anilines is 2. The summed E-state index contributed by atoms with van der Waals surface area (Å²) in [6.07, 6.45) is 3.51. The smallest absolute Gasteiger partial charge is 0.258 e. The Morgan fingerprint density at radius 1 is 0.389 bits per heavy atom.